The normalized spacial score (nSPS) is 20.0. The summed E-state index contributed by atoms with van der Waals surface area (Å²) >= 11 is 3.51. The number of carbonyl (C=O) groups is 1. The lowest BCUT2D eigenvalue weighted by molar-refractivity contribution is -0.139. The fourth-order valence-electron chi connectivity index (χ4n) is 4.51. The van der Waals surface area contributed by atoms with Gasteiger partial charge in [0.1, 0.15) is 0 Å². The molecule has 1 aromatic carbocycles. The summed E-state index contributed by atoms with van der Waals surface area (Å²) in [5.74, 6) is 0.333. The van der Waals surface area contributed by atoms with E-state index in [9.17, 15) is 4.79 Å². The Bertz CT molecular complexity index is 764. The van der Waals surface area contributed by atoms with E-state index in [2.05, 4.69) is 61.0 Å². The van der Waals surface area contributed by atoms with Crippen LogP contribution in [0.15, 0.2) is 53.1 Å². The highest BCUT2D eigenvalue weighted by atomic mass is 79.9. The molecule has 1 aromatic heterocycles. The predicted molar refractivity (Wildman–Crippen MR) is 110 cm³/mol. The molecule has 2 aliphatic rings. The van der Waals surface area contributed by atoms with Crippen LogP contribution in [0.5, 0.6) is 0 Å². The molecule has 2 heterocycles. The van der Waals surface area contributed by atoms with Crippen LogP contribution in [-0.4, -0.2) is 46.9 Å². The number of benzene rings is 1. The van der Waals surface area contributed by atoms with Gasteiger partial charge in [0.2, 0.25) is 5.91 Å². The van der Waals surface area contributed by atoms with E-state index in [4.69, 9.17) is 0 Å². The monoisotopic (exact) mass is 427 g/mol. The fourth-order valence-corrected chi connectivity index (χ4v) is 4.77. The summed E-state index contributed by atoms with van der Waals surface area (Å²) in [7, 11) is 0. The molecule has 0 N–H and O–H groups in total. The minimum atomic E-state index is -0.316. The van der Waals surface area contributed by atoms with E-state index >= 15 is 0 Å². The SMILES string of the molecule is O=C(N1CCN(Cc2ccccn2)CC1)C1(c2ccc(Br)cc2)CCCC1. The lowest BCUT2D eigenvalue weighted by Crippen LogP contribution is -2.53. The summed E-state index contributed by atoms with van der Waals surface area (Å²) in [6, 6.07) is 14.4. The van der Waals surface area contributed by atoms with Crippen molar-refractivity contribution in [3.05, 3.63) is 64.4 Å². The molecule has 0 unspecified atom stereocenters. The Morgan fingerprint density at radius 2 is 1.70 bits per heavy atom. The lowest BCUT2D eigenvalue weighted by atomic mass is 9.77. The highest BCUT2D eigenvalue weighted by Gasteiger charge is 2.45. The Morgan fingerprint density at radius 1 is 1.00 bits per heavy atom. The second-order valence-corrected chi connectivity index (χ2v) is 8.60. The number of carbonyl (C=O) groups excluding carboxylic acids is 1. The predicted octanol–water partition coefficient (Wildman–Crippen LogP) is 4.00. The maximum atomic E-state index is 13.6. The van der Waals surface area contributed by atoms with Gasteiger partial charge in [0.15, 0.2) is 0 Å². The van der Waals surface area contributed by atoms with Gasteiger partial charge in [-0.2, -0.15) is 0 Å². The second-order valence-electron chi connectivity index (χ2n) is 7.69. The molecule has 0 bridgehead atoms. The Kier molecular flexibility index (Phi) is 5.60. The van der Waals surface area contributed by atoms with Gasteiger partial charge < -0.3 is 4.90 Å². The quantitative estimate of drug-likeness (QED) is 0.739. The Morgan fingerprint density at radius 3 is 2.33 bits per heavy atom. The van der Waals surface area contributed by atoms with Crippen molar-refractivity contribution in [1.29, 1.82) is 0 Å². The van der Waals surface area contributed by atoms with Crippen LogP contribution in [0.1, 0.15) is 36.9 Å². The summed E-state index contributed by atoms with van der Waals surface area (Å²) in [5.41, 5.74) is 1.97. The maximum absolute atomic E-state index is 13.6. The molecule has 2 aromatic rings. The standard InChI is InChI=1S/C22H26BrN3O/c23-19-8-6-18(7-9-19)22(10-2-3-11-22)21(27)26-15-13-25(14-16-26)17-20-5-1-4-12-24-20/h1,4-9,12H,2-3,10-11,13-17H2. The minimum Gasteiger partial charge on any atom is -0.339 e. The highest BCUT2D eigenvalue weighted by molar-refractivity contribution is 9.10. The van der Waals surface area contributed by atoms with Crippen molar-refractivity contribution in [2.75, 3.05) is 26.2 Å². The van der Waals surface area contributed by atoms with Gasteiger partial charge in [-0.05, 0) is 42.7 Å². The number of halogens is 1. The number of amides is 1. The number of aromatic nitrogens is 1. The van der Waals surface area contributed by atoms with Crippen molar-refractivity contribution in [3.8, 4) is 0 Å². The third kappa shape index (κ3) is 3.94. The summed E-state index contributed by atoms with van der Waals surface area (Å²) in [4.78, 5) is 22.5. The average Bonchev–Trinajstić information content (AvgIpc) is 3.20. The van der Waals surface area contributed by atoms with E-state index in [0.717, 1.165) is 68.6 Å². The smallest absolute Gasteiger partial charge is 0.233 e. The molecule has 4 nitrogen and oxygen atoms in total. The van der Waals surface area contributed by atoms with Gasteiger partial charge in [-0.25, -0.2) is 0 Å². The van der Waals surface area contributed by atoms with Crippen molar-refractivity contribution >= 4 is 21.8 Å². The van der Waals surface area contributed by atoms with Gasteiger partial charge in [-0.3, -0.25) is 14.7 Å². The fraction of sp³-hybridized carbons (Fsp3) is 0.455. The van der Waals surface area contributed by atoms with Gasteiger partial charge in [0.05, 0.1) is 11.1 Å². The van der Waals surface area contributed by atoms with Crippen LogP contribution in [0.3, 0.4) is 0 Å². The molecule has 0 atom stereocenters. The molecule has 0 spiro atoms. The average molecular weight is 428 g/mol. The summed E-state index contributed by atoms with van der Waals surface area (Å²) < 4.78 is 1.06. The number of pyridine rings is 1. The van der Waals surface area contributed by atoms with E-state index in [0.29, 0.717) is 5.91 Å². The largest absolute Gasteiger partial charge is 0.339 e. The van der Waals surface area contributed by atoms with Crippen molar-refractivity contribution in [2.24, 2.45) is 0 Å². The van der Waals surface area contributed by atoms with Crippen LogP contribution in [0.4, 0.5) is 0 Å². The summed E-state index contributed by atoms with van der Waals surface area (Å²) in [6.07, 6.45) is 6.07. The molecular weight excluding hydrogens is 402 g/mol. The van der Waals surface area contributed by atoms with E-state index in [1.54, 1.807) is 0 Å². The number of hydrogen-bond donors (Lipinski definition) is 0. The Balaban J connectivity index is 1.43. The van der Waals surface area contributed by atoms with E-state index < -0.39 is 0 Å². The molecule has 5 heteroatoms. The number of rotatable bonds is 4. The minimum absolute atomic E-state index is 0.316. The molecule has 2 fully saturated rings. The van der Waals surface area contributed by atoms with Crippen LogP contribution in [-0.2, 0) is 16.8 Å². The van der Waals surface area contributed by atoms with E-state index in [1.807, 2.05) is 18.3 Å². The van der Waals surface area contributed by atoms with Gasteiger partial charge in [0, 0.05) is 43.4 Å². The van der Waals surface area contributed by atoms with Gasteiger partial charge >= 0.3 is 0 Å². The van der Waals surface area contributed by atoms with Crippen molar-refractivity contribution < 1.29 is 4.79 Å². The molecule has 1 aliphatic heterocycles. The third-order valence-electron chi connectivity index (χ3n) is 6.03. The van der Waals surface area contributed by atoms with Gasteiger partial charge in [-0.15, -0.1) is 0 Å². The zero-order valence-electron chi connectivity index (χ0n) is 15.6. The first kappa shape index (κ1) is 18.6. The first-order valence-corrected chi connectivity index (χ1v) is 10.6. The van der Waals surface area contributed by atoms with Crippen LogP contribution in [0, 0.1) is 0 Å². The first-order chi connectivity index (χ1) is 13.2. The molecule has 1 aliphatic carbocycles. The topological polar surface area (TPSA) is 36.4 Å². The molecular formula is C22H26BrN3O. The second kappa shape index (κ2) is 8.11. The number of piperazine rings is 1. The van der Waals surface area contributed by atoms with Crippen molar-refractivity contribution in [2.45, 2.75) is 37.6 Å². The summed E-state index contributed by atoms with van der Waals surface area (Å²) in [5, 5.41) is 0. The summed E-state index contributed by atoms with van der Waals surface area (Å²) in [6.45, 7) is 4.31. The third-order valence-corrected chi connectivity index (χ3v) is 6.56. The van der Waals surface area contributed by atoms with E-state index in [-0.39, 0.29) is 5.41 Å². The maximum Gasteiger partial charge on any atom is 0.233 e. The Labute approximate surface area is 169 Å². The van der Waals surface area contributed by atoms with Crippen LogP contribution in [0.2, 0.25) is 0 Å². The van der Waals surface area contributed by atoms with Crippen molar-refractivity contribution in [1.82, 2.24) is 14.8 Å². The van der Waals surface area contributed by atoms with E-state index in [1.165, 1.54) is 5.56 Å². The van der Waals surface area contributed by atoms with Crippen LogP contribution >= 0.6 is 15.9 Å². The Hall–Kier alpha value is -1.72. The molecule has 1 saturated carbocycles. The molecule has 4 rings (SSSR count). The molecule has 0 radical (unpaired) electrons. The lowest BCUT2D eigenvalue weighted by Gasteiger charge is -2.40. The number of hydrogen-bond acceptors (Lipinski definition) is 3. The zero-order chi connectivity index (χ0) is 18.7. The highest BCUT2D eigenvalue weighted by Crippen LogP contribution is 2.43. The van der Waals surface area contributed by atoms with Crippen LogP contribution < -0.4 is 0 Å². The molecule has 1 amide bonds. The van der Waals surface area contributed by atoms with Crippen molar-refractivity contribution in [3.63, 3.8) is 0 Å². The molecule has 142 valence electrons. The molecule has 27 heavy (non-hydrogen) atoms. The van der Waals surface area contributed by atoms with Gasteiger partial charge in [0.25, 0.3) is 0 Å². The van der Waals surface area contributed by atoms with Crippen LogP contribution in [0.25, 0.3) is 0 Å². The molecule has 1 saturated heterocycles. The first-order valence-electron chi connectivity index (χ1n) is 9.85. The zero-order valence-corrected chi connectivity index (χ0v) is 17.2. The van der Waals surface area contributed by atoms with Gasteiger partial charge in [-0.1, -0.05) is 47.0 Å². The number of nitrogens with zero attached hydrogens (tertiary/aromatic N) is 3.